The van der Waals surface area contributed by atoms with Gasteiger partial charge in [0.25, 0.3) is 0 Å². The van der Waals surface area contributed by atoms with Gasteiger partial charge < -0.3 is 10.3 Å². The first-order chi connectivity index (χ1) is 5.42. The van der Waals surface area contributed by atoms with Gasteiger partial charge >= 0.3 is 0 Å². The molecule has 2 N–H and O–H groups in total. The van der Waals surface area contributed by atoms with Crippen LogP contribution >= 0.6 is 0 Å². The third-order valence-electron chi connectivity index (χ3n) is 1.58. The number of rotatable bonds is 1. The number of aromatic amines is 1. The number of nitrogens with zero attached hydrogens (tertiary/aromatic N) is 2. The first-order valence-electron chi connectivity index (χ1n) is 3.37. The van der Waals surface area contributed by atoms with Crippen LogP contribution in [0, 0.1) is 0 Å². The minimum atomic E-state index is 0.833. The van der Waals surface area contributed by atoms with Gasteiger partial charge in [0.15, 0.2) is 5.82 Å². The quantitative estimate of drug-likeness (QED) is 0.634. The van der Waals surface area contributed by atoms with Gasteiger partial charge in [-0.15, -0.1) is 0 Å². The molecule has 2 aromatic rings. The van der Waals surface area contributed by atoms with Crippen LogP contribution in [0.2, 0.25) is 0 Å². The van der Waals surface area contributed by atoms with Crippen molar-refractivity contribution >= 4 is 16.9 Å². The number of H-pyrrole nitrogens is 1. The molecule has 2 heterocycles. The molecule has 0 unspecified atom stereocenters. The van der Waals surface area contributed by atoms with Crippen molar-refractivity contribution in [1.82, 2.24) is 15.0 Å². The Bertz CT molecular complexity index is 365. The second kappa shape index (κ2) is 2.23. The summed E-state index contributed by atoms with van der Waals surface area (Å²) in [5.41, 5.74) is 1.89. The SMILES string of the molecule is CNc1ncnc2cc[nH]c12. The number of aromatic nitrogens is 3. The summed E-state index contributed by atoms with van der Waals surface area (Å²) in [6.07, 6.45) is 3.39. The van der Waals surface area contributed by atoms with Crippen molar-refractivity contribution in [3.05, 3.63) is 18.6 Å². The Labute approximate surface area is 63.7 Å². The second-order valence-corrected chi connectivity index (χ2v) is 2.21. The molecule has 56 valence electrons. The maximum Gasteiger partial charge on any atom is 0.153 e. The van der Waals surface area contributed by atoms with Gasteiger partial charge in [-0.2, -0.15) is 0 Å². The molecule has 4 heteroatoms. The van der Waals surface area contributed by atoms with E-state index >= 15 is 0 Å². The summed E-state index contributed by atoms with van der Waals surface area (Å²) in [7, 11) is 1.84. The number of nitrogens with one attached hydrogen (secondary N) is 2. The highest BCUT2D eigenvalue weighted by atomic mass is 15.0. The molecule has 0 aliphatic rings. The number of hydrogen-bond acceptors (Lipinski definition) is 3. The van der Waals surface area contributed by atoms with Crippen molar-refractivity contribution in [3.63, 3.8) is 0 Å². The van der Waals surface area contributed by atoms with E-state index in [-0.39, 0.29) is 0 Å². The largest absolute Gasteiger partial charge is 0.371 e. The van der Waals surface area contributed by atoms with Gasteiger partial charge in [0.1, 0.15) is 11.8 Å². The molecule has 0 saturated carbocycles. The van der Waals surface area contributed by atoms with E-state index in [9.17, 15) is 0 Å². The summed E-state index contributed by atoms with van der Waals surface area (Å²) < 4.78 is 0. The lowest BCUT2D eigenvalue weighted by Crippen LogP contribution is -1.93. The van der Waals surface area contributed by atoms with Crippen LogP contribution in [-0.4, -0.2) is 22.0 Å². The van der Waals surface area contributed by atoms with E-state index in [1.165, 1.54) is 0 Å². The Morgan fingerprint density at radius 1 is 1.45 bits per heavy atom. The fraction of sp³-hybridized carbons (Fsp3) is 0.143. The number of anilines is 1. The first-order valence-corrected chi connectivity index (χ1v) is 3.37. The van der Waals surface area contributed by atoms with Crippen molar-refractivity contribution in [2.24, 2.45) is 0 Å². The van der Waals surface area contributed by atoms with E-state index in [1.807, 2.05) is 19.3 Å². The second-order valence-electron chi connectivity index (χ2n) is 2.21. The molecule has 0 fully saturated rings. The minimum Gasteiger partial charge on any atom is -0.371 e. The van der Waals surface area contributed by atoms with Crippen LogP contribution in [0.15, 0.2) is 18.6 Å². The van der Waals surface area contributed by atoms with E-state index < -0.39 is 0 Å². The number of hydrogen-bond donors (Lipinski definition) is 2. The molecule has 2 rings (SSSR count). The van der Waals surface area contributed by atoms with Gasteiger partial charge in [0.2, 0.25) is 0 Å². The zero-order chi connectivity index (χ0) is 7.68. The Morgan fingerprint density at radius 2 is 2.36 bits per heavy atom. The monoisotopic (exact) mass is 148 g/mol. The molecule has 0 bridgehead atoms. The molecule has 0 aliphatic carbocycles. The Morgan fingerprint density at radius 3 is 3.18 bits per heavy atom. The molecule has 4 nitrogen and oxygen atoms in total. The van der Waals surface area contributed by atoms with Crippen LogP contribution < -0.4 is 5.32 Å². The Kier molecular flexibility index (Phi) is 1.25. The summed E-state index contributed by atoms with van der Waals surface area (Å²) in [5.74, 6) is 0.833. The lowest BCUT2D eigenvalue weighted by atomic mass is 10.4. The van der Waals surface area contributed by atoms with Gasteiger partial charge in [0.05, 0.1) is 5.52 Å². The molecule has 0 saturated heterocycles. The number of fused-ring (bicyclic) bond motifs is 1. The van der Waals surface area contributed by atoms with Gasteiger partial charge in [-0.05, 0) is 6.07 Å². The van der Waals surface area contributed by atoms with Crippen LogP contribution in [0.25, 0.3) is 11.0 Å². The maximum absolute atomic E-state index is 4.07. The van der Waals surface area contributed by atoms with Crippen LogP contribution in [0.4, 0.5) is 5.82 Å². The van der Waals surface area contributed by atoms with E-state index in [2.05, 4.69) is 20.3 Å². The third kappa shape index (κ3) is 0.832. The molecule has 11 heavy (non-hydrogen) atoms. The lowest BCUT2D eigenvalue weighted by Gasteiger charge is -1.97. The van der Waals surface area contributed by atoms with Crippen molar-refractivity contribution < 1.29 is 0 Å². The van der Waals surface area contributed by atoms with E-state index in [0.29, 0.717) is 0 Å². The molecule has 0 aliphatic heterocycles. The van der Waals surface area contributed by atoms with E-state index in [4.69, 9.17) is 0 Å². The normalized spacial score (nSPS) is 10.3. The highest BCUT2D eigenvalue weighted by Crippen LogP contribution is 2.14. The molecular formula is C7H8N4. The molecule has 0 atom stereocenters. The predicted octanol–water partition coefficient (Wildman–Crippen LogP) is 1.000. The van der Waals surface area contributed by atoms with Crippen LogP contribution in [0.3, 0.4) is 0 Å². The topological polar surface area (TPSA) is 53.6 Å². The molecule has 0 amide bonds. The summed E-state index contributed by atoms with van der Waals surface area (Å²) >= 11 is 0. The summed E-state index contributed by atoms with van der Waals surface area (Å²) in [5, 5.41) is 2.97. The van der Waals surface area contributed by atoms with Crippen molar-refractivity contribution in [1.29, 1.82) is 0 Å². The third-order valence-corrected chi connectivity index (χ3v) is 1.58. The average Bonchev–Trinajstić information content (AvgIpc) is 2.50. The predicted molar refractivity (Wildman–Crippen MR) is 43.4 cm³/mol. The van der Waals surface area contributed by atoms with Crippen molar-refractivity contribution in [2.75, 3.05) is 12.4 Å². The van der Waals surface area contributed by atoms with Gasteiger partial charge in [-0.25, -0.2) is 9.97 Å². The van der Waals surface area contributed by atoms with Crippen molar-refractivity contribution in [3.8, 4) is 0 Å². The first kappa shape index (κ1) is 6.15. The summed E-state index contributed by atoms with van der Waals surface area (Å²) in [6, 6.07) is 1.91. The average molecular weight is 148 g/mol. The molecule has 2 aromatic heterocycles. The summed E-state index contributed by atoms with van der Waals surface area (Å²) in [6.45, 7) is 0. The van der Waals surface area contributed by atoms with Gasteiger partial charge in [0, 0.05) is 13.2 Å². The summed E-state index contributed by atoms with van der Waals surface area (Å²) in [4.78, 5) is 11.2. The highest BCUT2D eigenvalue weighted by Gasteiger charge is 1.99. The van der Waals surface area contributed by atoms with Gasteiger partial charge in [-0.1, -0.05) is 0 Å². The van der Waals surface area contributed by atoms with Crippen LogP contribution in [-0.2, 0) is 0 Å². The maximum atomic E-state index is 4.07. The Balaban J connectivity index is 2.79. The lowest BCUT2D eigenvalue weighted by molar-refractivity contribution is 1.20. The van der Waals surface area contributed by atoms with E-state index in [0.717, 1.165) is 16.9 Å². The van der Waals surface area contributed by atoms with Crippen LogP contribution in [0.1, 0.15) is 0 Å². The highest BCUT2D eigenvalue weighted by molar-refractivity contribution is 5.85. The standard InChI is InChI=1S/C7H8N4/c1-8-7-6-5(2-3-9-6)10-4-11-7/h2-4,9H,1H3,(H,8,10,11). The zero-order valence-electron chi connectivity index (χ0n) is 6.13. The van der Waals surface area contributed by atoms with Crippen LogP contribution in [0.5, 0.6) is 0 Å². The molecular weight excluding hydrogens is 140 g/mol. The van der Waals surface area contributed by atoms with Gasteiger partial charge in [-0.3, -0.25) is 0 Å². The van der Waals surface area contributed by atoms with E-state index in [1.54, 1.807) is 6.33 Å². The fourth-order valence-corrected chi connectivity index (χ4v) is 1.06. The molecule has 0 spiro atoms. The molecule has 0 aromatic carbocycles. The zero-order valence-corrected chi connectivity index (χ0v) is 6.13. The minimum absolute atomic E-state index is 0.833. The fourth-order valence-electron chi connectivity index (χ4n) is 1.06. The Hall–Kier alpha value is -1.58. The van der Waals surface area contributed by atoms with Crippen molar-refractivity contribution in [2.45, 2.75) is 0 Å². The molecule has 0 radical (unpaired) electrons. The smallest absolute Gasteiger partial charge is 0.153 e.